The standard InChI is InChI=1S/C20H38N6O3.HI/c1-5-21-19(23-7-6-22-18(28)20(2,3)4)26-10-8-24(9-11-26)16-17(27)25-12-14-29-15-13-25;/h5-16H2,1-4H3,(H,21,23)(H,22,28);1H. The number of nitrogens with zero attached hydrogens (tertiary/aromatic N) is 4. The molecule has 0 aromatic carbocycles. The van der Waals surface area contributed by atoms with Gasteiger partial charge in [0, 0.05) is 57.8 Å². The Hall–Kier alpha value is -1.14. The van der Waals surface area contributed by atoms with Crippen LogP contribution in [-0.2, 0) is 14.3 Å². The van der Waals surface area contributed by atoms with E-state index in [0.717, 1.165) is 38.7 Å². The highest BCUT2D eigenvalue weighted by molar-refractivity contribution is 14.0. The first-order valence-corrected chi connectivity index (χ1v) is 10.7. The number of carbonyl (C=O) groups excluding carboxylic acids is 2. The fourth-order valence-electron chi connectivity index (χ4n) is 3.24. The second kappa shape index (κ2) is 13.3. The van der Waals surface area contributed by atoms with Crippen molar-refractivity contribution in [2.24, 2.45) is 10.4 Å². The van der Waals surface area contributed by atoms with Crippen molar-refractivity contribution in [3.8, 4) is 0 Å². The van der Waals surface area contributed by atoms with Gasteiger partial charge in [-0.3, -0.25) is 19.5 Å². The van der Waals surface area contributed by atoms with Gasteiger partial charge in [-0.1, -0.05) is 20.8 Å². The van der Waals surface area contributed by atoms with Gasteiger partial charge in [0.15, 0.2) is 5.96 Å². The maximum atomic E-state index is 12.4. The quantitative estimate of drug-likeness (QED) is 0.218. The van der Waals surface area contributed by atoms with Gasteiger partial charge in [0.05, 0.1) is 26.3 Å². The molecule has 10 heteroatoms. The second-order valence-corrected chi connectivity index (χ2v) is 8.50. The van der Waals surface area contributed by atoms with Gasteiger partial charge in [0.2, 0.25) is 11.8 Å². The maximum Gasteiger partial charge on any atom is 0.236 e. The van der Waals surface area contributed by atoms with E-state index in [4.69, 9.17) is 4.74 Å². The number of carbonyl (C=O) groups is 2. The van der Waals surface area contributed by atoms with Crippen LogP contribution < -0.4 is 10.6 Å². The summed E-state index contributed by atoms with van der Waals surface area (Å²) in [6.07, 6.45) is 0. The topological polar surface area (TPSA) is 89.5 Å². The van der Waals surface area contributed by atoms with Crippen LogP contribution in [0.2, 0.25) is 0 Å². The highest BCUT2D eigenvalue weighted by Crippen LogP contribution is 2.12. The van der Waals surface area contributed by atoms with Crippen molar-refractivity contribution in [1.82, 2.24) is 25.3 Å². The number of ether oxygens (including phenoxy) is 1. The molecule has 0 aliphatic carbocycles. The van der Waals surface area contributed by atoms with E-state index in [0.29, 0.717) is 45.9 Å². The van der Waals surface area contributed by atoms with Crippen LogP contribution in [-0.4, -0.2) is 111 Å². The molecule has 174 valence electrons. The predicted molar refractivity (Wildman–Crippen MR) is 129 cm³/mol. The molecule has 0 atom stereocenters. The Bertz CT molecular complexity index is 567. The molecule has 9 nitrogen and oxygen atoms in total. The Morgan fingerprint density at radius 2 is 1.60 bits per heavy atom. The summed E-state index contributed by atoms with van der Waals surface area (Å²) >= 11 is 0. The average Bonchev–Trinajstić information content (AvgIpc) is 2.70. The summed E-state index contributed by atoms with van der Waals surface area (Å²) in [4.78, 5) is 35.4. The molecule has 0 saturated carbocycles. The highest BCUT2D eigenvalue weighted by Gasteiger charge is 2.24. The van der Waals surface area contributed by atoms with Crippen LogP contribution >= 0.6 is 24.0 Å². The summed E-state index contributed by atoms with van der Waals surface area (Å²) in [7, 11) is 0. The molecule has 0 aromatic heterocycles. The lowest BCUT2D eigenvalue weighted by molar-refractivity contribution is -0.136. The number of amides is 2. The van der Waals surface area contributed by atoms with Crippen molar-refractivity contribution >= 4 is 41.8 Å². The lowest BCUT2D eigenvalue weighted by Gasteiger charge is -2.37. The Morgan fingerprint density at radius 3 is 2.17 bits per heavy atom. The molecule has 2 aliphatic heterocycles. The molecule has 30 heavy (non-hydrogen) atoms. The number of morpholine rings is 1. The molecule has 0 unspecified atom stereocenters. The van der Waals surface area contributed by atoms with Crippen LogP contribution in [0, 0.1) is 5.41 Å². The SMILES string of the molecule is CCNC(=NCCNC(=O)C(C)(C)C)N1CCN(CC(=O)N2CCOCC2)CC1.I. The zero-order chi connectivity index (χ0) is 21.3. The van der Waals surface area contributed by atoms with E-state index in [2.05, 4.69) is 25.4 Å². The number of guanidine groups is 1. The summed E-state index contributed by atoms with van der Waals surface area (Å²) in [5, 5.41) is 6.26. The van der Waals surface area contributed by atoms with Gasteiger partial charge >= 0.3 is 0 Å². The van der Waals surface area contributed by atoms with E-state index >= 15 is 0 Å². The smallest absolute Gasteiger partial charge is 0.236 e. The van der Waals surface area contributed by atoms with E-state index < -0.39 is 0 Å². The van der Waals surface area contributed by atoms with Gasteiger partial charge in [-0.15, -0.1) is 24.0 Å². The number of halogens is 1. The lowest BCUT2D eigenvalue weighted by Crippen LogP contribution is -2.55. The highest BCUT2D eigenvalue weighted by atomic mass is 127. The number of hydrogen-bond acceptors (Lipinski definition) is 5. The van der Waals surface area contributed by atoms with Crippen molar-refractivity contribution in [3.63, 3.8) is 0 Å². The summed E-state index contributed by atoms with van der Waals surface area (Å²) < 4.78 is 5.32. The minimum absolute atomic E-state index is 0. The summed E-state index contributed by atoms with van der Waals surface area (Å²) in [5.41, 5.74) is -0.386. The monoisotopic (exact) mass is 538 g/mol. The van der Waals surface area contributed by atoms with Crippen molar-refractivity contribution in [2.75, 3.05) is 78.7 Å². The molecule has 0 bridgehead atoms. The molecule has 2 amide bonds. The van der Waals surface area contributed by atoms with Gasteiger partial charge in [-0.05, 0) is 6.92 Å². The van der Waals surface area contributed by atoms with Crippen LogP contribution in [0.4, 0.5) is 0 Å². The van der Waals surface area contributed by atoms with Gasteiger partial charge in [0.1, 0.15) is 0 Å². The number of aliphatic imine (C=N–C) groups is 1. The number of nitrogens with one attached hydrogen (secondary N) is 2. The Balaban J connectivity index is 0.00000450. The van der Waals surface area contributed by atoms with Crippen LogP contribution in [0.3, 0.4) is 0 Å². The molecule has 0 spiro atoms. The van der Waals surface area contributed by atoms with E-state index in [9.17, 15) is 9.59 Å². The number of hydrogen-bond donors (Lipinski definition) is 2. The van der Waals surface area contributed by atoms with Crippen LogP contribution in [0.25, 0.3) is 0 Å². The van der Waals surface area contributed by atoms with Crippen molar-refractivity contribution < 1.29 is 14.3 Å². The first kappa shape index (κ1) is 26.9. The van der Waals surface area contributed by atoms with E-state index in [-0.39, 0.29) is 41.2 Å². The van der Waals surface area contributed by atoms with E-state index in [1.165, 1.54) is 0 Å². The van der Waals surface area contributed by atoms with Gasteiger partial charge in [0.25, 0.3) is 0 Å². The third-order valence-corrected chi connectivity index (χ3v) is 5.07. The van der Waals surface area contributed by atoms with Crippen molar-refractivity contribution in [1.29, 1.82) is 0 Å². The Labute approximate surface area is 198 Å². The molecule has 2 heterocycles. The maximum absolute atomic E-state index is 12.4. The largest absolute Gasteiger partial charge is 0.378 e. The number of piperazine rings is 1. The van der Waals surface area contributed by atoms with Crippen LogP contribution in [0.1, 0.15) is 27.7 Å². The normalized spacial score (nSPS) is 18.6. The molecule has 2 saturated heterocycles. The zero-order valence-electron chi connectivity index (χ0n) is 18.9. The van der Waals surface area contributed by atoms with Crippen molar-refractivity contribution in [3.05, 3.63) is 0 Å². The average molecular weight is 538 g/mol. The van der Waals surface area contributed by atoms with Crippen LogP contribution in [0.5, 0.6) is 0 Å². The molecular formula is C20H39IN6O3. The molecular weight excluding hydrogens is 499 g/mol. The zero-order valence-corrected chi connectivity index (χ0v) is 21.2. The first-order chi connectivity index (χ1) is 13.8. The summed E-state index contributed by atoms with van der Waals surface area (Å²) in [6.45, 7) is 16.1. The molecule has 2 rings (SSSR count). The molecule has 2 N–H and O–H groups in total. The van der Waals surface area contributed by atoms with E-state index in [1.54, 1.807) is 0 Å². The fourth-order valence-corrected chi connectivity index (χ4v) is 3.24. The lowest BCUT2D eigenvalue weighted by atomic mass is 9.96. The molecule has 2 aliphatic rings. The fraction of sp³-hybridized carbons (Fsp3) is 0.850. The van der Waals surface area contributed by atoms with E-state index in [1.807, 2.05) is 32.6 Å². The van der Waals surface area contributed by atoms with Crippen molar-refractivity contribution in [2.45, 2.75) is 27.7 Å². The third-order valence-electron chi connectivity index (χ3n) is 5.07. The third kappa shape index (κ3) is 8.93. The Kier molecular flexibility index (Phi) is 11.9. The minimum atomic E-state index is -0.386. The summed E-state index contributed by atoms with van der Waals surface area (Å²) in [5.74, 6) is 1.10. The minimum Gasteiger partial charge on any atom is -0.378 e. The van der Waals surface area contributed by atoms with Gasteiger partial charge in [-0.25, -0.2) is 0 Å². The second-order valence-electron chi connectivity index (χ2n) is 8.50. The predicted octanol–water partition coefficient (Wildman–Crippen LogP) is 0.209. The first-order valence-electron chi connectivity index (χ1n) is 10.7. The molecule has 0 aromatic rings. The van der Waals surface area contributed by atoms with Gasteiger partial charge < -0.3 is 25.2 Å². The number of rotatable bonds is 6. The molecule has 0 radical (unpaired) electrons. The van der Waals surface area contributed by atoms with Gasteiger partial charge in [-0.2, -0.15) is 0 Å². The van der Waals surface area contributed by atoms with Crippen LogP contribution in [0.15, 0.2) is 4.99 Å². The Morgan fingerprint density at radius 1 is 0.967 bits per heavy atom. The summed E-state index contributed by atoms with van der Waals surface area (Å²) in [6, 6.07) is 0. The molecule has 2 fully saturated rings.